The van der Waals surface area contributed by atoms with Gasteiger partial charge in [-0.15, -0.1) is 0 Å². The van der Waals surface area contributed by atoms with Crippen LogP contribution in [-0.2, 0) is 19.6 Å². The van der Waals surface area contributed by atoms with Crippen LogP contribution in [0.4, 0.5) is 4.39 Å². The van der Waals surface area contributed by atoms with Crippen LogP contribution in [0.1, 0.15) is 10.4 Å². The zero-order valence-corrected chi connectivity index (χ0v) is 15.0. The number of benzene rings is 2. The van der Waals surface area contributed by atoms with Crippen LogP contribution >= 0.6 is 0 Å². The molecule has 0 aliphatic rings. The van der Waals surface area contributed by atoms with Crippen molar-refractivity contribution in [3.05, 3.63) is 59.9 Å². The van der Waals surface area contributed by atoms with E-state index in [2.05, 4.69) is 4.84 Å². The second-order valence-electron chi connectivity index (χ2n) is 5.04. The van der Waals surface area contributed by atoms with Crippen LogP contribution in [0, 0.1) is 5.82 Å². The third-order valence-electron chi connectivity index (χ3n) is 3.37. The Hall–Kier alpha value is -2.49. The fourth-order valence-electron chi connectivity index (χ4n) is 1.96. The fourth-order valence-corrected chi connectivity index (χ4v) is 2.98. The molecule has 0 bridgehead atoms. The highest BCUT2D eigenvalue weighted by Crippen LogP contribution is 2.17. The minimum atomic E-state index is -3.87. The minimum absolute atomic E-state index is 0.0446. The topological polar surface area (TPSA) is 82.1 Å². The summed E-state index contributed by atoms with van der Waals surface area (Å²) in [7, 11) is -1.42. The molecule has 0 heterocycles. The molecule has 0 unspecified atom stereocenters. The van der Waals surface area contributed by atoms with Gasteiger partial charge in [0.05, 0.1) is 17.6 Å². The summed E-state index contributed by atoms with van der Waals surface area (Å²) in [6.45, 7) is -0.167. The molecule has 0 aromatic heterocycles. The van der Waals surface area contributed by atoms with Gasteiger partial charge in [-0.25, -0.2) is 17.6 Å². The first kappa shape index (κ1) is 19.8. The lowest BCUT2D eigenvalue weighted by Crippen LogP contribution is -2.26. The van der Waals surface area contributed by atoms with Crippen LogP contribution in [0.25, 0.3) is 0 Å². The molecule has 0 saturated carbocycles. The van der Waals surface area contributed by atoms with Gasteiger partial charge in [0, 0.05) is 7.05 Å². The summed E-state index contributed by atoms with van der Waals surface area (Å²) in [5, 5.41) is 0. The Labute approximate surface area is 150 Å². The van der Waals surface area contributed by atoms with Crippen molar-refractivity contribution in [1.29, 1.82) is 0 Å². The van der Waals surface area contributed by atoms with E-state index in [9.17, 15) is 17.6 Å². The van der Waals surface area contributed by atoms with Gasteiger partial charge in [0.1, 0.15) is 13.2 Å². The molecule has 0 spiro atoms. The zero-order chi connectivity index (χ0) is 19.2. The van der Waals surface area contributed by atoms with Crippen molar-refractivity contribution < 1.29 is 31.9 Å². The molecular formula is C17H18FNO6S. The van der Waals surface area contributed by atoms with E-state index in [1.165, 1.54) is 56.6 Å². The Morgan fingerprint density at radius 1 is 1.12 bits per heavy atom. The number of ether oxygens (including phenoxy) is 2. The van der Waals surface area contributed by atoms with Gasteiger partial charge >= 0.3 is 5.97 Å². The maximum Gasteiger partial charge on any atom is 0.338 e. The highest BCUT2D eigenvalue weighted by atomic mass is 32.2. The summed E-state index contributed by atoms with van der Waals surface area (Å²) in [6.07, 6.45) is 0. The Morgan fingerprint density at radius 2 is 1.85 bits per heavy atom. The maximum absolute atomic E-state index is 13.4. The van der Waals surface area contributed by atoms with E-state index in [1.807, 2.05) is 0 Å². The molecular weight excluding hydrogens is 365 g/mol. The number of sulfonamides is 1. The van der Waals surface area contributed by atoms with Gasteiger partial charge < -0.3 is 9.47 Å². The monoisotopic (exact) mass is 383 g/mol. The summed E-state index contributed by atoms with van der Waals surface area (Å²) >= 11 is 0. The van der Waals surface area contributed by atoms with E-state index >= 15 is 0 Å². The van der Waals surface area contributed by atoms with Gasteiger partial charge in [-0.2, -0.15) is 0 Å². The summed E-state index contributed by atoms with van der Waals surface area (Å²) < 4.78 is 48.6. The van der Waals surface area contributed by atoms with E-state index in [4.69, 9.17) is 9.47 Å². The number of hydrogen-bond acceptors (Lipinski definition) is 6. The Bertz CT molecular complexity index is 871. The molecule has 0 saturated heterocycles. The first-order valence-corrected chi connectivity index (χ1v) is 8.98. The molecule has 0 N–H and O–H groups in total. The van der Waals surface area contributed by atoms with Crippen molar-refractivity contribution in [3.63, 3.8) is 0 Å². The van der Waals surface area contributed by atoms with Crippen molar-refractivity contribution in [1.82, 2.24) is 4.47 Å². The standard InChI is InChI=1S/C17H18FNO6S/c1-19(23-2)26(21,22)14-7-5-6-13(12-14)17(20)25-11-10-24-16-9-4-3-8-15(16)18/h3-9,12H,10-11H2,1-2H3. The molecule has 0 radical (unpaired) electrons. The number of rotatable bonds is 8. The van der Waals surface area contributed by atoms with Gasteiger partial charge in [0.2, 0.25) is 0 Å². The second kappa shape index (κ2) is 8.75. The molecule has 2 aromatic rings. The summed E-state index contributed by atoms with van der Waals surface area (Å²) in [5.74, 6) is -1.18. The number of hydrogen-bond donors (Lipinski definition) is 0. The summed E-state index contributed by atoms with van der Waals surface area (Å²) in [6, 6.07) is 11.2. The summed E-state index contributed by atoms with van der Waals surface area (Å²) in [4.78, 5) is 16.6. The molecule has 2 rings (SSSR count). The number of halogens is 1. The number of carbonyl (C=O) groups is 1. The van der Waals surface area contributed by atoms with Crippen molar-refractivity contribution in [2.45, 2.75) is 4.90 Å². The Morgan fingerprint density at radius 3 is 2.54 bits per heavy atom. The van der Waals surface area contributed by atoms with Gasteiger partial charge in [0.25, 0.3) is 10.0 Å². The molecule has 0 fully saturated rings. The Balaban J connectivity index is 1.96. The second-order valence-corrected chi connectivity index (χ2v) is 6.98. The van der Waals surface area contributed by atoms with Crippen molar-refractivity contribution in [2.75, 3.05) is 27.4 Å². The van der Waals surface area contributed by atoms with Crippen LogP contribution in [0.15, 0.2) is 53.4 Å². The van der Waals surface area contributed by atoms with Gasteiger partial charge in [0.15, 0.2) is 11.6 Å². The summed E-state index contributed by atoms with van der Waals surface area (Å²) in [5.41, 5.74) is 0.0569. The van der Waals surface area contributed by atoms with Crippen LogP contribution in [0.2, 0.25) is 0 Å². The molecule has 0 aliphatic carbocycles. The highest BCUT2D eigenvalue weighted by Gasteiger charge is 2.22. The van der Waals surface area contributed by atoms with Gasteiger partial charge in [-0.1, -0.05) is 22.7 Å². The molecule has 140 valence electrons. The smallest absolute Gasteiger partial charge is 0.338 e. The lowest BCUT2D eigenvalue weighted by atomic mass is 10.2. The van der Waals surface area contributed by atoms with Crippen LogP contribution in [0.5, 0.6) is 5.75 Å². The number of carbonyl (C=O) groups excluding carboxylic acids is 1. The van der Waals surface area contributed by atoms with Crippen LogP contribution < -0.4 is 4.74 Å². The number of nitrogens with zero attached hydrogens (tertiary/aromatic N) is 1. The van der Waals surface area contributed by atoms with Crippen LogP contribution in [0.3, 0.4) is 0 Å². The normalized spacial score (nSPS) is 11.4. The molecule has 0 amide bonds. The lowest BCUT2D eigenvalue weighted by Gasteiger charge is -2.14. The van der Waals surface area contributed by atoms with Crippen molar-refractivity contribution in [2.24, 2.45) is 0 Å². The lowest BCUT2D eigenvalue weighted by molar-refractivity contribution is -0.0258. The SMILES string of the molecule is CON(C)S(=O)(=O)c1cccc(C(=O)OCCOc2ccccc2F)c1. The van der Waals surface area contributed by atoms with E-state index in [-0.39, 0.29) is 29.4 Å². The largest absolute Gasteiger partial charge is 0.487 e. The fraction of sp³-hybridized carbons (Fsp3) is 0.235. The highest BCUT2D eigenvalue weighted by molar-refractivity contribution is 7.89. The predicted octanol–water partition coefficient (Wildman–Crippen LogP) is 2.24. The third kappa shape index (κ3) is 4.78. The molecule has 26 heavy (non-hydrogen) atoms. The molecule has 0 atom stereocenters. The molecule has 0 aliphatic heterocycles. The van der Waals surface area contributed by atoms with Crippen molar-refractivity contribution in [3.8, 4) is 5.75 Å². The van der Waals surface area contributed by atoms with Crippen LogP contribution in [-0.4, -0.2) is 46.2 Å². The average Bonchev–Trinajstić information content (AvgIpc) is 2.65. The predicted molar refractivity (Wildman–Crippen MR) is 90.6 cm³/mol. The average molecular weight is 383 g/mol. The number of para-hydroxylation sites is 1. The minimum Gasteiger partial charge on any atom is -0.487 e. The van der Waals surface area contributed by atoms with E-state index in [0.717, 1.165) is 0 Å². The molecule has 2 aromatic carbocycles. The number of esters is 1. The molecule has 9 heteroatoms. The van der Waals surface area contributed by atoms with E-state index < -0.39 is 21.8 Å². The van der Waals surface area contributed by atoms with Gasteiger partial charge in [-0.3, -0.25) is 4.84 Å². The maximum atomic E-state index is 13.4. The first-order chi connectivity index (χ1) is 12.4. The quantitative estimate of drug-likeness (QED) is 0.395. The molecule has 7 nitrogen and oxygen atoms in total. The Kier molecular flexibility index (Phi) is 6.67. The third-order valence-corrected chi connectivity index (χ3v) is 5.05. The zero-order valence-electron chi connectivity index (χ0n) is 14.2. The number of hydroxylamine groups is 1. The van der Waals surface area contributed by atoms with Crippen molar-refractivity contribution >= 4 is 16.0 Å². The van der Waals surface area contributed by atoms with E-state index in [0.29, 0.717) is 4.47 Å². The van der Waals surface area contributed by atoms with E-state index in [1.54, 1.807) is 6.07 Å². The first-order valence-electron chi connectivity index (χ1n) is 7.54. The van der Waals surface area contributed by atoms with Gasteiger partial charge in [-0.05, 0) is 30.3 Å².